The molecule has 0 saturated heterocycles. The van der Waals surface area contributed by atoms with Crippen molar-refractivity contribution < 1.29 is 36.3 Å². The van der Waals surface area contributed by atoms with Crippen molar-refractivity contribution >= 4 is 7.32 Å². The normalized spacial score (nSPS) is 11.2. The molecule has 3 nitrogen and oxygen atoms in total. The van der Waals surface area contributed by atoms with Gasteiger partial charge in [-0.2, -0.15) is 0 Å². The van der Waals surface area contributed by atoms with Gasteiger partial charge < -0.3 is 14.3 Å². The van der Waals surface area contributed by atoms with Crippen molar-refractivity contribution in [2.45, 2.75) is 64.9 Å². The Labute approximate surface area is 150 Å². The molecule has 0 saturated carbocycles. The molecule has 0 fully saturated rings. The fourth-order valence-corrected chi connectivity index (χ4v) is 2.40. The molecular weight excluding hydrogens is 358 g/mol. The van der Waals surface area contributed by atoms with Crippen LogP contribution in [0.1, 0.15) is 63.9 Å². The third-order valence-corrected chi connectivity index (χ3v) is 3.93. The molecule has 9 heteroatoms. The van der Waals surface area contributed by atoms with Gasteiger partial charge in [-0.1, -0.05) is 51.9 Å². The van der Waals surface area contributed by atoms with E-state index in [0.29, 0.717) is 6.42 Å². The van der Waals surface area contributed by atoms with Crippen LogP contribution in [-0.4, -0.2) is 19.0 Å². The average Bonchev–Trinajstić information content (AvgIpc) is 2.63. The molecule has 0 aliphatic heterocycles. The van der Waals surface area contributed by atoms with Crippen LogP contribution < -0.4 is 0 Å². The van der Waals surface area contributed by atoms with Crippen LogP contribution in [0, 0.1) is 29.1 Å². The van der Waals surface area contributed by atoms with Crippen molar-refractivity contribution in [2.24, 2.45) is 0 Å². The highest BCUT2D eigenvalue weighted by Gasteiger charge is 2.27. The zero-order valence-electron chi connectivity index (χ0n) is 14.8. The molecule has 0 radical (unpaired) electrons. The minimum Gasteiger partial charge on any atom is -0.402 e. The topological polar surface area (TPSA) is 38.7 Å². The Balaban J connectivity index is 2.26. The largest absolute Gasteiger partial charge is 0.636 e. The summed E-state index contributed by atoms with van der Waals surface area (Å²) in [6, 6.07) is 0. The van der Waals surface area contributed by atoms with Crippen molar-refractivity contribution in [2.75, 3.05) is 6.61 Å². The fourth-order valence-electron chi connectivity index (χ4n) is 2.40. The Morgan fingerprint density at radius 1 is 0.692 bits per heavy atom. The Kier molecular flexibility index (Phi) is 10.8. The summed E-state index contributed by atoms with van der Waals surface area (Å²) >= 11 is 0. The number of benzene rings is 1. The highest BCUT2D eigenvalue weighted by Crippen LogP contribution is 2.23. The maximum Gasteiger partial charge on any atom is 0.636 e. The van der Waals surface area contributed by atoms with Gasteiger partial charge in [0.1, 0.15) is 0 Å². The van der Waals surface area contributed by atoms with E-state index in [0.717, 1.165) is 19.3 Å². The Hall–Kier alpha value is -1.19. The summed E-state index contributed by atoms with van der Waals surface area (Å²) in [4.78, 5) is 0. The summed E-state index contributed by atoms with van der Waals surface area (Å²) < 4.78 is 75.4. The SMILES string of the molecule is CCCCCCCCCCOB(O)OCc1c(F)c(F)c(F)c(F)c1F. The van der Waals surface area contributed by atoms with Crippen molar-refractivity contribution in [1.82, 2.24) is 0 Å². The van der Waals surface area contributed by atoms with Crippen LogP contribution in [0.5, 0.6) is 0 Å². The predicted octanol–water partition coefficient (Wildman–Crippen LogP) is 5.03. The number of halogens is 5. The van der Waals surface area contributed by atoms with Crippen LogP contribution in [0.2, 0.25) is 0 Å². The molecule has 0 heterocycles. The summed E-state index contributed by atoms with van der Waals surface area (Å²) in [5.74, 6) is -10.3. The smallest absolute Gasteiger partial charge is 0.402 e. The third kappa shape index (κ3) is 7.21. The van der Waals surface area contributed by atoms with E-state index in [1.165, 1.54) is 25.7 Å². The second kappa shape index (κ2) is 12.2. The molecule has 0 bridgehead atoms. The van der Waals surface area contributed by atoms with Gasteiger partial charge in [-0.15, -0.1) is 0 Å². The quantitative estimate of drug-likeness (QED) is 0.171. The van der Waals surface area contributed by atoms with Crippen molar-refractivity contribution in [1.29, 1.82) is 0 Å². The van der Waals surface area contributed by atoms with Gasteiger partial charge in [0.25, 0.3) is 0 Å². The monoisotopic (exact) mass is 382 g/mol. The van der Waals surface area contributed by atoms with Gasteiger partial charge in [0, 0.05) is 6.61 Å². The van der Waals surface area contributed by atoms with Gasteiger partial charge in [0.15, 0.2) is 23.3 Å². The lowest BCUT2D eigenvalue weighted by atomic mass is 10.1. The molecule has 0 aromatic heterocycles. The van der Waals surface area contributed by atoms with E-state index in [1.54, 1.807) is 0 Å². The molecule has 0 unspecified atom stereocenters. The lowest BCUT2D eigenvalue weighted by molar-refractivity contribution is 0.120. The molecule has 1 rings (SSSR count). The molecule has 0 aliphatic rings. The van der Waals surface area contributed by atoms with E-state index in [9.17, 15) is 27.0 Å². The molecule has 1 aromatic carbocycles. The van der Waals surface area contributed by atoms with Crippen LogP contribution in [-0.2, 0) is 15.9 Å². The molecule has 26 heavy (non-hydrogen) atoms. The van der Waals surface area contributed by atoms with E-state index >= 15 is 0 Å². The first-order chi connectivity index (χ1) is 12.4. The Morgan fingerprint density at radius 3 is 1.69 bits per heavy atom. The molecule has 148 valence electrons. The second-order valence-corrected chi connectivity index (χ2v) is 6.01. The van der Waals surface area contributed by atoms with E-state index < -0.39 is 48.6 Å². The first-order valence-corrected chi connectivity index (χ1v) is 8.81. The number of rotatable bonds is 13. The first-order valence-electron chi connectivity index (χ1n) is 8.81. The zero-order chi connectivity index (χ0) is 19.5. The summed E-state index contributed by atoms with van der Waals surface area (Å²) in [5.41, 5.74) is -1.16. The molecule has 1 N–H and O–H groups in total. The minimum atomic E-state index is -2.24. The Morgan fingerprint density at radius 2 is 1.15 bits per heavy atom. The average molecular weight is 382 g/mol. The van der Waals surface area contributed by atoms with E-state index in [1.807, 2.05) is 0 Å². The van der Waals surface area contributed by atoms with Crippen LogP contribution in [0.25, 0.3) is 0 Å². The summed E-state index contributed by atoms with van der Waals surface area (Å²) in [5, 5.41) is 9.43. The Bertz CT molecular complexity index is 531. The number of unbranched alkanes of at least 4 members (excludes halogenated alkanes) is 7. The standard InChI is InChI=1S/C17H24BF5O3/c1-2-3-4-5-6-7-8-9-10-25-18(24)26-11-12-13(19)15(21)17(23)16(22)14(12)20/h24H,2-11H2,1H3. The van der Waals surface area contributed by atoms with Crippen molar-refractivity contribution in [3.8, 4) is 0 Å². The van der Waals surface area contributed by atoms with Gasteiger partial charge >= 0.3 is 7.32 Å². The zero-order valence-corrected chi connectivity index (χ0v) is 14.8. The van der Waals surface area contributed by atoms with Gasteiger partial charge in [-0.25, -0.2) is 22.0 Å². The first kappa shape index (κ1) is 22.9. The van der Waals surface area contributed by atoms with Gasteiger partial charge in [-0.3, -0.25) is 0 Å². The van der Waals surface area contributed by atoms with Gasteiger partial charge in [0.05, 0.1) is 12.2 Å². The molecule has 0 spiro atoms. The number of hydrogen-bond acceptors (Lipinski definition) is 3. The van der Waals surface area contributed by atoms with Crippen molar-refractivity contribution in [3.05, 3.63) is 34.6 Å². The third-order valence-electron chi connectivity index (χ3n) is 3.93. The van der Waals surface area contributed by atoms with Crippen LogP contribution in [0.15, 0.2) is 0 Å². The van der Waals surface area contributed by atoms with Crippen LogP contribution in [0.4, 0.5) is 22.0 Å². The lowest BCUT2D eigenvalue weighted by Crippen LogP contribution is -2.24. The highest BCUT2D eigenvalue weighted by atomic mass is 19.2. The van der Waals surface area contributed by atoms with Gasteiger partial charge in [-0.05, 0) is 6.42 Å². The predicted molar refractivity (Wildman–Crippen MR) is 87.6 cm³/mol. The summed E-state index contributed by atoms with van der Waals surface area (Å²) in [6.07, 6.45) is 8.55. The molecule has 1 aromatic rings. The maximum absolute atomic E-state index is 13.4. The van der Waals surface area contributed by atoms with Crippen LogP contribution >= 0.6 is 0 Å². The maximum atomic E-state index is 13.4. The molecular formula is C17H24BF5O3. The van der Waals surface area contributed by atoms with E-state index in [4.69, 9.17) is 4.65 Å². The number of hydrogen-bond donors (Lipinski definition) is 1. The van der Waals surface area contributed by atoms with Crippen molar-refractivity contribution in [3.63, 3.8) is 0 Å². The van der Waals surface area contributed by atoms with E-state index in [2.05, 4.69) is 11.6 Å². The fraction of sp³-hybridized carbons (Fsp3) is 0.647. The minimum absolute atomic E-state index is 0.160. The summed E-state index contributed by atoms with van der Waals surface area (Å²) in [7, 11) is -1.81. The molecule has 0 aliphatic carbocycles. The van der Waals surface area contributed by atoms with E-state index in [-0.39, 0.29) is 6.61 Å². The molecule has 0 amide bonds. The summed E-state index contributed by atoms with van der Waals surface area (Å²) in [6.45, 7) is 1.30. The molecule has 0 atom stereocenters. The second-order valence-electron chi connectivity index (χ2n) is 6.01. The van der Waals surface area contributed by atoms with Crippen LogP contribution in [0.3, 0.4) is 0 Å². The lowest BCUT2D eigenvalue weighted by Gasteiger charge is -2.11. The highest BCUT2D eigenvalue weighted by molar-refractivity contribution is 6.34. The van der Waals surface area contributed by atoms with Gasteiger partial charge in [0.2, 0.25) is 5.82 Å².